The number of rotatable bonds is 2. The van der Waals surface area contributed by atoms with Gasteiger partial charge in [0.1, 0.15) is 6.07 Å². The molecule has 1 aromatic rings. The Balaban J connectivity index is 3.43. The average Bonchev–Trinajstić information content (AvgIpc) is 2.27. The molecule has 0 aliphatic rings. The number of nitriles is 1. The van der Waals surface area contributed by atoms with Crippen molar-refractivity contribution in [2.45, 2.75) is 20.3 Å². The molecule has 0 aliphatic heterocycles. The quantitative estimate of drug-likeness (QED) is 0.692. The Morgan fingerprint density at radius 2 is 2.20 bits per heavy atom. The molecule has 0 N–H and O–H groups in total. The van der Waals surface area contributed by atoms with Gasteiger partial charge < -0.3 is 4.74 Å². The van der Waals surface area contributed by atoms with Crippen LogP contribution in [0.2, 0.25) is 0 Å². The van der Waals surface area contributed by atoms with E-state index < -0.39 is 5.97 Å². The second kappa shape index (κ2) is 4.61. The maximum Gasteiger partial charge on any atom is 0.339 e. The SMILES string of the molecule is CCc1c(C)ccc(C(=O)OC)c1C#N. The number of carbonyl (C=O) groups is 1. The fourth-order valence-corrected chi connectivity index (χ4v) is 1.62. The lowest BCUT2D eigenvalue weighted by Gasteiger charge is -2.09. The van der Waals surface area contributed by atoms with Crippen LogP contribution in [0.15, 0.2) is 12.1 Å². The van der Waals surface area contributed by atoms with E-state index in [1.54, 1.807) is 6.07 Å². The van der Waals surface area contributed by atoms with E-state index in [1.165, 1.54) is 7.11 Å². The molecule has 3 heteroatoms. The average molecular weight is 203 g/mol. The smallest absolute Gasteiger partial charge is 0.339 e. The predicted octanol–water partition coefficient (Wildman–Crippen LogP) is 2.22. The van der Waals surface area contributed by atoms with Crippen LogP contribution >= 0.6 is 0 Å². The van der Waals surface area contributed by atoms with Crippen LogP contribution < -0.4 is 0 Å². The van der Waals surface area contributed by atoms with Gasteiger partial charge in [-0.25, -0.2) is 4.79 Å². The zero-order valence-electron chi connectivity index (χ0n) is 9.13. The van der Waals surface area contributed by atoms with Gasteiger partial charge in [-0.15, -0.1) is 0 Å². The summed E-state index contributed by atoms with van der Waals surface area (Å²) in [5, 5.41) is 9.04. The first-order valence-electron chi connectivity index (χ1n) is 4.76. The van der Waals surface area contributed by atoms with Crippen LogP contribution in [0.3, 0.4) is 0 Å². The van der Waals surface area contributed by atoms with Gasteiger partial charge in [0.15, 0.2) is 0 Å². The van der Waals surface area contributed by atoms with Crippen molar-refractivity contribution in [2.75, 3.05) is 7.11 Å². The number of benzene rings is 1. The first kappa shape index (κ1) is 11.3. The van der Waals surface area contributed by atoms with Crippen molar-refractivity contribution in [3.63, 3.8) is 0 Å². The van der Waals surface area contributed by atoms with Crippen LogP contribution in [0.1, 0.15) is 34.0 Å². The molecule has 0 amide bonds. The maximum atomic E-state index is 11.4. The fraction of sp³-hybridized carbons (Fsp3) is 0.333. The minimum Gasteiger partial charge on any atom is -0.465 e. The summed E-state index contributed by atoms with van der Waals surface area (Å²) in [6, 6.07) is 5.55. The lowest BCUT2D eigenvalue weighted by molar-refractivity contribution is 0.0600. The third-order valence-corrected chi connectivity index (χ3v) is 2.42. The van der Waals surface area contributed by atoms with E-state index in [4.69, 9.17) is 5.26 Å². The van der Waals surface area contributed by atoms with E-state index in [-0.39, 0.29) is 0 Å². The Morgan fingerprint density at radius 1 is 1.53 bits per heavy atom. The molecule has 15 heavy (non-hydrogen) atoms. The molecule has 0 radical (unpaired) electrons. The minimum absolute atomic E-state index is 0.349. The molecule has 0 saturated heterocycles. The largest absolute Gasteiger partial charge is 0.465 e. The molecule has 0 bridgehead atoms. The summed E-state index contributed by atoms with van der Waals surface area (Å²) >= 11 is 0. The van der Waals surface area contributed by atoms with Gasteiger partial charge in [-0.2, -0.15) is 5.26 Å². The first-order valence-corrected chi connectivity index (χ1v) is 4.76. The van der Waals surface area contributed by atoms with Crippen LogP contribution in [0.25, 0.3) is 0 Å². The van der Waals surface area contributed by atoms with Gasteiger partial charge >= 0.3 is 5.97 Å². The molecule has 0 unspecified atom stereocenters. The van der Waals surface area contributed by atoms with E-state index in [0.29, 0.717) is 11.1 Å². The van der Waals surface area contributed by atoms with Gasteiger partial charge in [0.2, 0.25) is 0 Å². The maximum absolute atomic E-state index is 11.4. The van der Waals surface area contributed by atoms with Crippen LogP contribution in [-0.2, 0) is 11.2 Å². The van der Waals surface area contributed by atoms with Crippen molar-refractivity contribution in [3.05, 3.63) is 34.4 Å². The molecular formula is C12H13NO2. The van der Waals surface area contributed by atoms with E-state index in [1.807, 2.05) is 19.9 Å². The number of hydrogen-bond donors (Lipinski definition) is 0. The fourth-order valence-electron chi connectivity index (χ4n) is 1.62. The molecule has 1 rings (SSSR count). The normalized spacial score (nSPS) is 9.47. The van der Waals surface area contributed by atoms with E-state index in [0.717, 1.165) is 17.5 Å². The summed E-state index contributed by atoms with van der Waals surface area (Å²) in [6.07, 6.45) is 0.736. The van der Waals surface area contributed by atoms with Crippen molar-refractivity contribution in [3.8, 4) is 6.07 Å². The highest BCUT2D eigenvalue weighted by Gasteiger charge is 2.15. The van der Waals surface area contributed by atoms with Crippen LogP contribution in [0.4, 0.5) is 0 Å². The number of carbonyl (C=O) groups excluding carboxylic acids is 1. The van der Waals surface area contributed by atoms with Crippen molar-refractivity contribution in [1.82, 2.24) is 0 Å². The second-order valence-electron chi connectivity index (χ2n) is 3.24. The number of nitrogens with zero attached hydrogens (tertiary/aromatic N) is 1. The minimum atomic E-state index is -0.457. The number of aryl methyl sites for hydroxylation is 1. The summed E-state index contributed by atoms with van der Waals surface area (Å²) in [6.45, 7) is 3.89. The molecule has 1 aromatic carbocycles. The Morgan fingerprint density at radius 3 is 2.67 bits per heavy atom. The topological polar surface area (TPSA) is 50.1 Å². The molecule has 3 nitrogen and oxygen atoms in total. The number of esters is 1. The lowest BCUT2D eigenvalue weighted by atomic mass is 9.95. The summed E-state index contributed by atoms with van der Waals surface area (Å²) in [5.41, 5.74) is 2.73. The molecular weight excluding hydrogens is 190 g/mol. The Hall–Kier alpha value is -1.82. The first-order chi connectivity index (χ1) is 7.15. The molecule has 0 fully saturated rings. The third-order valence-electron chi connectivity index (χ3n) is 2.42. The van der Waals surface area contributed by atoms with Crippen LogP contribution in [-0.4, -0.2) is 13.1 Å². The third kappa shape index (κ3) is 1.99. The molecule has 78 valence electrons. The van der Waals surface area contributed by atoms with Gasteiger partial charge in [-0.1, -0.05) is 13.0 Å². The highest BCUT2D eigenvalue weighted by Crippen LogP contribution is 2.19. The molecule has 0 aromatic heterocycles. The number of ether oxygens (including phenoxy) is 1. The van der Waals surface area contributed by atoms with Crippen molar-refractivity contribution < 1.29 is 9.53 Å². The van der Waals surface area contributed by atoms with Gasteiger partial charge in [0, 0.05) is 0 Å². The summed E-state index contributed by atoms with van der Waals surface area (Å²) < 4.78 is 4.63. The molecule has 0 aliphatic carbocycles. The molecule has 0 heterocycles. The van der Waals surface area contributed by atoms with E-state index >= 15 is 0 Å². The summed E-state index contributed by atoms with van der Waals surface area (Å²) in [7, 11) is 1.31. The van der Waals surface area contributed by atoms with Gasteiger partial charge in [0.25, 0.3) is 0 Å². The Kier molecular flexibility index (Phi) is 3.46. The highest BCUT2D eigenvalue weighted by molar-refractivity contribution is 5.92. The molecule has 0 saturated carbocycles. The lowest BCUT2D eigenvalue weighted by Crippen LogP contribution is -2.07. The van der Waals surface area contributed by atoms with Gasteiger partial charge in [-0.05, 0) is 30.5 Å². The van der Waals surface area contributed by atoms with Crippen molar-refractivity contribution >= 4 is 5.97 Å². The van der Waals surface area contributed by atoms with Crippen LogP contribution in [0, 0.1) is 18.3 Å². The van der Waals surface area contributed by atoms with Crippen molar-refractivity contribution in [2.24, 2.45) is 0 Å². The van der Waals surface area contributed by atoms with Crippen molar-refractivity contribution in [1.29, 1.82) is 5.26 Å². The standard InChI is InChI=1S/C12H13NO2/c1-4-9-8(2)5-6-10(11(9)7-13)12(14)15-3/h5-6H,4H2,1-3H3. The number of methoxy groups -OCH3 is 1. The molecule has 0 atom stereocenters. The summed E-state index contributed by atoms with van der Waals surface area (Å²) in [5.74, 6) is -0.457. The Bertz CT molecular complexity index is 430. The highest BCUT2D eigenvalue weighted by atomic mass is 16.5. The van der Waals surface area contributed by atoms with Gasteiger partial charge in [-0.3, -0.25) is 0 Å². The van der Waals surface area contributed by atoms with Crippen LogP contribution in [0.5, 0.6) is 0 Å². The second-order valence-corrected chi connectivity index (χ2v) is 3.24. The van der Waals surface area contributed by atoms with E-state index in [9.17, 15) is 4.79 Å². The zero-order chi connectivity index (χ0) is 11.4. The molecule has 0 spiro atoms. The Labute approximate surface area is 89.3 Å². The summed E-state index contributed by atoms with van der Waals surface area (Å²) in [4.78, 5) is 11.4. The zero-order valence-corrected chi connectivity index (χ0v) is 9.13. The monoisotopic (exact) mass is 203 g/mol. The number of hydrogen-bond acceptors (Lipinski definition) is 3. The van der Waals surface area contributed by atoms with Gasteiger partial charge in [0.05, 0.1) is 18.2 Å². The predicted molar refractivity (Wildman–Crippen MR) is 56.6 cm³/mol. The van der Waals surface area contributed by atoms with E-state index in [2.05, 4.69) is 10.8 Å².